The first-order chi connectivity index (χ1) is 25.7. The summed E-state index contributed by atoms with van der Waals surface area (Å²) in [6.07, 6.45) is 0. The largest absolute Gasteiger partial charge is 0.465 e. The number of methoxy groups -OCH3 is 2. The Kier molecular flexibility index (Phi) is 12.3. The molecule has 0 aliphatic rings. The van der Waals surface area contributed by atoms with Crippen LogP contribution in [0.5, 0.6) is 23.0 Å². The highest BCUT2D eigenvalue weighted by atomic mass is 28.3. The Morgan fingerprint density at radius 1 is 0.519 bits per heavy atom. The Balaban J connectivity index is 0.000000208. The number of pyridine rings is 2. The number of carbonyl (C=O) groups excluding carboxylic acids is 2. The van der Waals surface area contributed by atoms with Gasteiger partial charge in [-0.3, -0.25) is 0 Å². The van der Waals surface area contributed by atoms with E-state index in [1.807, 2.05) is 60.7 Å². The van der Waals surface area contributed by atoms with Crippen LogP contribution in [-0.4, -0.2) is 52.3 Å². The average Bonchev–Trinajstić information content (AvgIpc) is 3.16. The number of hydrogen-bond acceptors (Lipinski definition) is 8. The third-order valence-electron chi connectivity index (χ3n) is 7.50. The van der Waals surface area contributed by atoms with E-state index in [1.54, 1.807) is 48.5 Å². The molecule has 54 heavy (non-hydrogen) atoms. The molecule has 2 heterocycles. The summed E-state index contributed by atoms with van der Waals surface area (Å²) in [6, 6.07) is 33.0. The first kappa shape index (κ1) is 39.0. The molecule has 6 rings (SSSR count). The number of carbonyl (C=O) groups is 2. The topological polar surface area (TPSA) is 96.8 Å². The van der Waals surface area contributed by atoms with Gasteiger partial charge in [0.2, 0.25) is 0 Å². The molecular formula is C44H42N2O6Si2. The normalized spacial score (nSPS) is 10.8. The van der Waals surface area contributed by atoms with Crippen LogP contribution in [0.25, 0.3) is 21.8 Å². The molecule has 4 aromatic carbocycles. The maximum absolute atomic E-state index is 11.7. The highest BCUT2D eigenvalue weighted by molar-refractivity contribution is 6.84. The fourth-order valence-corrected chi connectivity index (χ4v) is 5.92. The molecule has 0 saturated heterocycles. The molecule has 0 radical (unpaired) electrons. The van der Waals surface area contributed by atoms with Crippen LogP contribution in [0.1, 0.15) is 32.1 Å². The van der Waals surface area contributed by atoms with Crippen LogP contribution in [0.4, 0.5) is 0 Å². The number of fused-ring (bicyclic) bond motifs is 2. The van der Waals surface area contributed by atoms with Crippen LogP contribution in [0.15, 0.2) is 109 Å². The fourth-order valence-electron chi connectivity index (χ4n) is 4.91. The van der Waals surface area contributed by atoms with Gasteiger partial charge in [0, 0.05) is 10.8 Å². The van der Waals surface area contributed by atoms with Crippen LogP contribution >= 0.6 is 0 Å². The number of hydrogen-bond donors (Lipinski definition) is 0. The second-order valence-corrected chi connectivity index (χ2v) is 23.8. The molecule has 6 aromatic rings. The van der Waals surface area contributed by atoms with Crippen molar-refractivity contribution in [3.63, 3.8) is 0 Å². The summed E-state index contributed by atoms with van der Waals surface area (Å²) in [6.45, 7) is 13.2. The number of aromatic nitrogens is 2. The van der Waals surface area contributed by atoms with Crippen molar-refractivity contribution >= 4 is 49.9 Å². The summed E-state index contributed by atoms with van der Waals surface area (Å²) in [4.78, 5) is 32.5. The van der Waals surface area contributed by atoms with Gasteiger partial charge in [-0.2, -0.15) is 0 Å². The second-order valence-electron chi connectivity index (χ2n) is 14.3. The molecule has 0 fully saturated rings. The predicted molar refractivity (Wildman–Crippen MR) is 220 cm³/mol. The van der Waals surface area contributed by atoms with Crippen molar-refractivity contribution in [1.29, 1.82) is 0 Å². The van der Waals surface area contributed by atoms with E-state index in [4.69, 9.17) is 18.9 Å². The minimum Gasteiger partial charge on any atom is -0.465 e. The number of rotatable bonds is 6. The molecule has 8 nitrogen and oxygen atoms in total. The van der Waals surface area contributed by atoms with Crippen LogP contribution in [0.3, 0.4) is 0 Å². The van der Waals surface area contributed by atoms with E-state index >= 15 is 0 Å². The molecule has 0 amide bonds. The lowest BCUT2D eigenvalue weighted by Gasteiger charge is -2.10. The monoisotopic (exact) mass is 750 g/mol. The lowest BCUT2D eigenvalue weighted by molar-refractivity contribution is 0.0591. The molecule has 0 atom stereocenters. The van der Waals surface area contributed by atoms with Crippen molar-refractivity contribution in [2.24, 2.45) is 0 Å². The summed E-state index contributed by atoms with van der Waals surface area (Å²) in [5.74, 6) is 8.17. The van der Waals surface area contributed by atoms with Crippen molar-refractivity contribution in [2.45, 2.75) is 39.3 Å². The first-order valence-corrected chi connectivity index (χ1v) is 24.3. The lowest BCUT2D eigenvalue weighted by Crippen LogP contribution is -2.16. The molecular weight excluding hydrogens is 709 g/mol. The second kappa shape index (κ2) is 17.1. The van der Waals surface area contributed by atoms with Crippen molar-refractivity contribution in [2.75, 3.05) is 14.2 Å². The third kappa shape index (κ3) is 10.9. The molecule has 0 N–H and O–H groups in total. The maximum atomic E-state index is 11.7. The summed E-state index contributed by atoms with van der Waals surface area (Å²) < 4.78 is 21.5. The van der Waals surface area contributed by atoms with E-state index in [2.05, 4.69) is 72.2 Å². The van der Waals surface area contributed by atoms with E-state index in [9.17, 15) is 9.59 Å². The van der Waals surface area contributed by atoms with Gasteiger partial charge in [-0.15, -0.1) is 11.1 Å². The number of esters is 2. The van der Waals surface area contributed by atoms with E-state index in [-0.39, 0.29) is 5.97 Å². The van der Waals surface area contributed by atoms with Gasteiger partial charge in [-0.1, -0.05) is 69.3 Å². The van der Waals surface area contributed by atoms with E-state index in [0.29, 0.717) is 34.1 Å². The van der Waals surface area contributed by atoms with Crippen LogP contribution < -0.4 is 9.47 Å². The Morgan fingerprint density at radius 2 is 0.981 bits per heavy atom. The van der Waals surface area contributed by atoms with Gasteiger partial charge >= 0.3 is 11.9 Å². The minimum absolute atomic E-state index is 0.372. The Labute approximate surface area is 318 Å². The number of ether oxygens (including phenoxy) is 4. The summed E-state index contributed by atoms with van der Waals surface area (Å²) >= 11 is 0. The molecule has 0 unspecified atom stereocenters. The molecule has 0 saturated carbocycles. The fraction of sp³-hybridized carbons (Fsp3) is 0.182. The van der Waals surface area contributed by atoms with Crippen LogP contribution in [0.2, 0.25) is 39.3 Å². The van der Waals surface area contributed by atoms with E-state index in [0.717, 1.165) is 33.2 Å². The number of benzene rings is 4. The molecule has 10 heteroatoms. The average molecular weight is 751 g/mol. The quantitative estimate of drug-likeness (QED) is 0.0943. The zero-order valence-corrected chi connectivity index (χ0v) is 33.7. The van der Waals surface area contributed by atoms with Gasteiger partial charge in [0.1, 0.15) is 50.5 Å². The van der Waals surface area contributed by atoms with E-state index < -0.39 is 22.1 Å². The highest BCUT2D eigenvalue weighted by Gasteiger charge is 2.12. The Hall–Kier alpha value is -6.21. The maximum Gasteiger partial charge on any atom is 0.337 e. The summed E-state index contributed by atoms with van der Waals surface area (Å²) in [5.41, 5.74) is 10.8. The minimum atomic E-state index is -1.45. The van der Waals surface area contributed by atoms with Crippen LogP contribution in [0, 0.1) is 22.9 Å². The SMILES string of the molecule is COC(=O)c1ccc(Oc2cccc3nc(C#C[Si](C)(C)C)ccc23)cc1.COC(=O)c1cccc(Oc2cccc3nc(C#C[Si](C)(C)C)ccc23)c1. The Bertz CT molecular complexity index is 2440. The molecule has 0 aliphatic heterocycles. The zero-order valence-electron chi connectivity index (χ0n) is 31.7. The number of nitrogens with zero attached hydrogens (tertiary/aromatic N) is 2. The van der Waals surface area contributed by atoms with Gasteiger partial charge in [-0.05, 0) is 91.0 Å². The van der Waals surface area contributed by atoms with Gasteiger partial charge in [-0.25, -0.2) is 19.6 Å². The lowest BCUT2D eigenvalue weighted by atomic mass is 10.1. The van der Waals surface area contributed by atoms with Crippen molar-refractivity contribution in [3.8, 4) is 45.9 Å². The van der Waals surface area contributed by atoms with Gasteiger partial charge in [0.15, 0.2) is 0 Å². The van der Waals surface area contributed by atoms with E-state index in [1.165, 1.54) is 14.2 Å². The van der Waals surface area contributed by atoms with Crippen molar-refractivity contribution in [3.05, 3.63) is 132 Å². The summed E-state index contributed by atoms with van der Waals surface area (Å²) in [5, 5.41) is 1.80. The Morgan fingerprint density at radius 3 is 1.46 bits per heavy atom. The molecule has 272 valence electrons. The molecule has 0 aliphatic carbocycles. The summed E-state index contributed by atoms with van der Waals surface area (Å²) in [7, 11) is -0.179. The zero-order chi connectivity index (χ0) is 38.9. The van der Waals surface area contributed by atoms with Gasteiger partial charge < -0.3 is 18.9 Å². The van der Waals surface area contributed by atoms with Crippen molar-refractivity contribution in [1.82, 2.24) is 9.97 Å². The van der Waals surface area contributed by atoms with Crippen LogP contribution in [-0.2, 0) is 9.47 Å². The smallest absolute Gasteiger partial charge is 0.337 e. The predicted octanol–water partition coefficient (Wildman–Crippen LogP) is 10.1. The molecule has 2 aromatic heterocycles. The molecule has 0 bridgehead atoms. The first-order valence-electron chi connectivity index (χ1n) is 17.3. The standard InChI is InChI=1S/2C22H21NO3Si/c1-25-22(24)16-7-5-8-18(15-16)26-21-10-6-9-20-19(21)12-11-17(23-20)13-14-27(2,3)4;1-25-22(24)16-8-11-18(12-9-16)26-21-7-5-6-20-19(21)13-10-17(23-20)14-15-27(2,3)4/h5-12,15H,1-4H3;5-13H,1-4H3. The highest BCUT2D eigenvalue weighted by Crippen LogP contribution is 2.31. The third-order valence-corrected chi connectivity index (χ3v) is 9.25. The molecule has 0 spiro atoms. The van der Waals surface area contributed by atoms with Gasteiger partial charge in [0.25, 0.3) is 0 Å². The van der Waals surface area contributed by atoms with Crippen molar-refractivity contribution < 1.29 is 28.5 Å². The van der Waals surface area contributed by atoms with Gasteiger partial charge in [0.05, 0.1) is 36.4 Å².